The fourth-order valence-corrected chi connectivity index (χ4v) is 3.58. The first-order valence-electron chi connectivity index (χ1n) is 7.20. The summed E-state index contributed by atoms with van der Waals surface area (Å²) in [4.78, 5) is 3.29. The van der Waals surface area contributed by atoms with E-state index in [0.717, 1.165) is 35.0 Å². The maximum Gasteiger partial charge on any atom is 0.173 e. The Hall–Kier alpha value is -1.40. The Morgan fingerprint density at radius 1 is 1.43 bits per heavy atom. The molecule has 21 heavy (non-hydrogen) atoms. The molecule has 0 amide bonds. The Morgan fingerprint density at radius 2 is 2.10 bits per heavy atom. The molecule has 0 saturated carbocycles. The molecule has 1 aromatic rings. The Balaban J connectivity index is 2.44. The second-order valence-electron chi connectivity index (χ2n) is 5.23. The fraction of sp³-hybridized carbons (Fsp3) is 0.533. The largest absolute Gasteiger partial charge is 0.409 e. The van der Waals surface area contributed by atoms with Gasteiger partial charge in [0.2, 0.25) is 0 Å². The molecule has 6 heteroatoms. The number of oxime groups is 1. The van der Waals surface area contributed by atoms with Gasteiger partial charge in [-0.05, 0) is 31.7 Å². The lowest BCUT2D eigenvalue weighted by Gasteiger charge is -2.38. The van der Waals surface area contributed by atoms with E-state index in [4.69, 9.17) is 15.7 Å². The van der Waals surface area contributed by atoms with Crippen LogP contribution in [-0.4, -0.2) is 42.1 Å². The minimum atomic E-state index is 0.161. The monoisotopic (exact) mass is 309 g/mol. The molecule has 1 aliphatic rings. The van der Waals surface area contributed by atoms with Crippen LogP contribution in [0.1, 0.15) is 26.3 Å². The van der Waals surface area contributed by atoms with Crippen molar-refractivity contribution in [3.05, 3.63) is 23.8 Å². The van der Waals surface area contributed by atoms with Gasteiger partial charge in [-0.2, -0.15) is 0 Å². The smallest absolute Gasteiger partial charge is 0.173 e. The Bertz CT molecular complexity index is 512. The Kier molecular flexibility index (Phi) is 5.36. The van der Waals surface area contributed by atoms with Gasteiger partial charge < -0.3 is 20.6 Å². The zero-order chi connectivity index (χ0) is 15.4. The van der Waals surface area contributed by atoms with Crippen LogP contribution >= 0.6 is 11.8 Å². The van der Waals surface area contributed by atoms with Gasteiger partial charge in [0.1, 0.15) is 0 Å². The zero-order valence-corrected chi connectivity index (χ0v) is 13.6. The molecule has 1 heterocycles. The number of anilines is 1. The van der Waals surface area contributed by atoms with E-state index in [-0.39, 0.29) is 18.0 Å². The van der Waals surface area contributed by atoms with Crippen molar-refractivity contribution in [2.75, 3.05) is 23.7 Å². The fourth-order valence-electron chi connectivity index (χ4n) is 2.74. The van der Waals surface area contributed by atoms with Gasteiger partial charge in [-0.3, -0.25) is 0 Å². The van der Waals surface area contributed by atoms with Crippen LogP contribution in [0.2, 0.25) is 0 Å². The van der Waals surface area contributed by atoms with E-state index in [1.54, 1.807) is 11.8 Å². The molecule has 1 fully saturated rings. The molecule has 5 nitrogen and oxygen atoms in total. The Morgan fingerprint density at radius 3 is 2.67 bits per heavy atom. The van der Waals surface area contributed by atoms with Crippen LogP contribution in [0, 0.1) is 0 Å². The first-order valence-corrected chi connectivity index (χ1v) is 8.19. The summed E-state index contributed by atoms with van der Waals surface area (Å²) in [6.07, 6.45) is 0.327. The highest BCUT2D eigenvalue weighted by atomic mass is 32.2. The summed E-state index contributed by atoms with van der Waals surface area (Å²) >= 11 is 1.70. The summed E-state index contributed by atoms with van der Waals surface area (Å²) in [5.41, 5.74) is 7.75. The first-order chi connectivity index (χ1) is 10.1. The summed E-state index contributed by atoms with van der Waals surface area (Å²) < 4.78 is 5.78. The molecule has 0 aromatic heterocycles. The maximum absolute atomic E-state index is 9.12. The van der Waals surface area contributed by atoms with Crippen molar-refractivity contribution < 1.29 is 9.94 Å². The highest BCUT2D eigenvalue weighted by Crippen LogP contribution is 2.32. The van der Waals surface area contributed by atoms with E-state index in [9.17, 15) is 0 Å². The molecule has 1 aliphatic heterocycles. The van der Waals surface area contributed by atoms with E-state index in [1.165, 1.54) is 0 Å². The number of benzene rings is 1. The SMILES string of the molecule is CCSc1cccc(N2C[C@@H](C)O[C@@H](C)C2)c1/C(N)=N/O. The zero-order valence-electron chi connectivity index (χ0n) is 12.7. The minimum Gasteiger partial charge on any atom is -0.409 e. The van der Waals surface area contributed by atoms with Gasteiger partial charge in [-0.15, -0.1) is 11.8 Å². The number of rotatable bonds is 4. The quantitative estimate of drug-likeness (QED) is 0.294. The number of morpholine rings is 1. The number of nitrogens with two attached hydrogens (primary N) is 1. The number of hydrogen-bond donors (Lipinski definition) is 2. The van der Waals surface area contributed by atoms with Crippen molar-refractivity contribution in [2.45, 2.75) is 37.9 Å². The summed E-state index contributed by atoms with van der Waals surface area (Å²) in [6.45, 7) is 7.83. The number of amidine groups is 1. The highest BCUT2D eigenvalue weighted by Gasteiger charge is 2.25. The van der Waals surface area contributed by atoms with Gasteiger partial charge in [-0.1, -0.05) is 18.1 Å². The molecule has 0 unspecified atom stereocenters. The average molecular weight is 309 g/mol. The van der Waals surface area contributed by atoms with E-state index >= 15 is 0 Å². The highest BCUT2D eigenvalue weighted by molar-refractivity contribution is 7.99. The molecule has 0 radical (unpaired) electrons. The second-order valence-corrected chi connectivity index (χ2v) is 6.54. The van der Waals surface area contributed by atoms with Gasteiger partial charge in [0.25, 0.3) is 0 Å². The summed E-state index contributed by atoms with van der Waals surface area (Å²) in [7, 11) is 0. The van der Waals surface area contributed by atoms with Gasteiger partial charge in [0.15, 0.2) is 5.84 Å². The molecule has 2 rings (SSSR count). The molecule has 1 saturated heterocycles. The van der Waals surface area contributed by atoms with Crippen molar-refractivity contribution in [1.29, 1.82) is 0 Å². The van der Waals surface area contributed by atoms with Crippen molar-refractivity contribution in [1.82, 2.24) is 0 Å². The van der Waals surface area contributed by atoms with Crippen LogP contribution < -0.4 is 10.6 Å². The second kappa shape index (κ2) is 7.04. The van der Waals surface area contributed by atoms with Crippen LogP contribution in [0.15, 0.2) is 28.3 Å². The van der Waals surface area contributed by atoms with Crippen LogP contribution in [-0.2, 0) is 4.74 Å². The molecule has 0 aliphatic carbocycles. The van der Waals surface area contributed by atoms with Crippen LogP contribution in [0.3, 0.4) is 0 Å². The lowest BCUT2D eigenvalue weighted by molar-refractivity contribution is -0.00523. The average Bonchev–Trinajstić information content (AvgIpc) is 2.45. The lowest BCUT2D eigenvalue weighted by Crippen LogP contribution is -2.46. The van der Waals surface area contributed by atoms with E-state index < -0.39 is 0 Å². The number of hydrogen-bond acceptors (Lipinski definition) is 5. The third-order valence-corrected chi connectivity index (χ3v) is 4.37. The van der Waals surface area contributed by atoms with E-state index in [2.05, 4.69) is 30.8 Å². The summed E-state index contributed by atoms with van der Waals surface area (Å²) in [5.74, 6) is 1.10. The maximum atomic E-state index is 9.12. The van der Waals surface area contributed by atoms with Gasteiger partial charge >= 0.3 is 0 Å². The van der Waals surface area contributed by atoms with Crippen molar-refractivity contribution in [3.8, 4) is 0 Å². The number of ether oxygens (including phenoxy) is 1. The molecular formula is C15H23N3O2S. The van der Waals surface area contributed by atoms with Crippen LogP contribution in [0.25, 0.3) is 0 Å². The van der Waals surface area contributed by atoms with Gasteiger partial charge in [-0.25, -0.2) is 0 Å². The molecule has 2 atom stereocenters. The topological polar surface area (TPSA) is 71.1 Å². The third-order valence-electron chi connectivity index (χ3n) is 3.43. The molecule has 116 valence electrons. The van der Waals surface area contributed by atoms with Crippen molar-refractivity contribution >= 4 is 23.3 Å². The normalized spacial score (nSPS) is 23.4. The van der Waals surface area contributed by atoms with Gasteiger partial charge in [0.05, 0.1) is 17.8 Å². The predicted molar refractivity (Wildman–Crippen MR) is 87.6 cm³/mol. The van der Waals surface area contributed by atoms with Crippen LogP contribution in [0.4, 0.5) is 5.69 Å². The minimum absolute atomic E-state index is 0.161. The number of thioether (sulfide) groups is 1. The molecular weight excluding hydrogens is 286 g/mol. The predicted octanol–water partition coefficient (Wildman–Crippen LogP) is 2.51. The first kappa shape index (κ1) is 16.0. The molecule has 0 spiro atoms. The lowest BCUT2D eigenvalue weighted by atomic mass is 10.1. The van der Waals surface area contributed by atoms with E-state index in [1.807, 2.05) is 18.2 Å². The van der Waals surface area contributed by atoms with Gasteiger partial charge in [0, 0.05) is 23.7 Å². The third kappa shape index (κ3) is 3.63. The van der Waals surface area contributed by atoms with Crippen molar-refractivity contribution in [2.24, 2.45) is 10.9 Å². The number of nitrogens with zero attached hydrogens (tertiary/aromatic N) is 2. The van der Waals surface area contributed by atoms with Crippen molar-refractivity contribution in [3.63, 3.8) is 0 Å². The summed E-state index contributed by atoms with van der Waals surface area (Å²) in [5, 5.41) is 12.3. The standard InChI is InChI=1S/C15H23N3O2S/c1-4-21-13-7-5-6-12(14(13)15(16)17-19)18-8-10(2)20-11(3)9-18/h5-7,10-11,19H,4,8-9H2,1-3H3,(H2,16,17)/t10-,11+. The molecule has 1 aromatic carbocycles. The molecule has 0 bridgehead atoms. The Labute approximate surface area is 130 Å². The van der Waals surface area contributed by atoms with Crippen LogP contribution in [0.5, 0.6) is 0 Å². The summed E-state index contributed by atoms with van der Waals surface area (Å²) in [6, 6.07) is 6.06. The molecule has 3 N–H and O–H groups in total. The van der Waals surface area contributed by atoms with E-state index in [0.29, 0.717) is 0 Å².